The number of hydrogen-bond donors (Lipinski definition) is 1. The van der Waals surface area contributed by atoms with E-state index in [1.807, 2.05) is 25.1 Å². The van der Waals surface area contributed by atoms with Gasteiger partial charge in [0.2, 0.25) is 0 Å². The van der Waals surface area contributed by atoms with Crippen molar-refractivity contribution in [1.29, 1.82) is 0 Å². The average molecular weight is 421 g/mol. The van der Waals surface area contributed by atoms with E-state index in [-0.39, 0.29) is 12.5 Å². The second-order valence-corrected chi connectivity index (χ2v) is 6.21. The predicted octanol–water partition coefficient (Wildman–Crippen LogP) is 3.56. The average Bonchev–Trinajstić information content (AvgIpc) is 2.66. The smallest absolute Gasteiger partial charge is 0.277 e. The van der Waals surface area contributed by atoms with Gasteiger partial charge >= 0.3 is 0 Å². The van der Waals surface area contributed by atoms with Crippen LogP contribution in [0.3, 0.4) is 0 Å². The molecule has 0 saturated carbocycles. The third kappa shape index (κ3) is 5.49. The number of nitrogens with zero attached hydrogens (tertiary/aromatic N) is 1. The topological polar surface area (TPSA) is 69.2 Å². The summed E-state index contributed by atoms with van der Waals surface area (Å²) in [7, 11) is 3.14. The first-order valence-electron chi connectivity index (χ1n) is 8.02. The first kappa shape index (κ1) is 19.8. The quantitative estimate of drug-likeness (QED) is 0.523. The second-order valence-electron chi connectivity index (χ2n) is 5.30. The molecule has 2 rings (SSSR count). The van der Waals surface area contributed by atoms with Gasteiger partial charge in [-0.1, -0.05) is 22.9 Å². The number of hydrazone groups is 1. The van der Waals surface area contributed by atoms with Gasteiger partial charge in [-0.3, -0.25) is 4.79 Å². The molecule has 2 aromatic carbocycles. The number of carbonyl (C=O) groups excluding carboxylic acids is 1. The van der Waals surface area contributed by atoms with Gasteiger partial charge in [-0.25, -0.2) is 5.43 Å². The molecule has 0 aromatic heterocycles. The van der Waals surface area contributed by atoms with Crippen molar-refractivity contribution in [2.24, 2.45) is 5.10 Å². The maximum atomic E-state index is 11.9. The lowest BCUT2D eigenvalue weighted by Crippen LogP contribution is -2.24. The minimum Gasteiger partial charge on any atom is -0.497 e. The van der Waals surface area contributed by atoms with Crippen LogP contribution < -0.4 is 19.6 Å². The highest BCUT2D eigenvalue weighted by Gasteiger charge is 2.07. The molecule has 0 heterocycles. The SMILES string of the molecule is CCc1cc(Br)ccc1OCC(=O)N/N=C/c1cc(OC)ccc1OC. The van der Waals surface area contributed by atoms with Gasteiger partial charge in [0.1, 0.15) is 17.2 Å². The van der Waals surface area contributed by atoms with Crippen LogP contribution in [0.4, 0.5) is 0 Å². The number of nitrogens with one attached hydrogen (secondary N) is 1. The van der Waals surface area contributed by atoms with E-state index in [0.717, 1.165) is 16.5 Å². The van der Waals surface area contributed by atoms with E-state index in [1.54, 1.807) is 32.4 Å². The van der Waals surface area contributed by atoms with Crippen LogP contribution in [0.1, 0.15) is 18.1 Å². The van der Waals surface area contributed by atoms with Crippen molar-refractivity contribution >= 4 is 28.1 Å². The number of amides is 1. The molecule has 26 heavy (non-hydrogen) atoms. The van der Waals surface area contributed by atoms with Gasteiger partial charge in [-0.05, 0) is 48.4 Å². The van der Waals surface area contributed by atoms with Crippen molar-refractivity contribution in [3.05, 3.63) is 52.0 Å². The molecule has 6 nitrogen and oxygen atoms in total. The van der Waals surface area contributed by atoms with E-state index >= 15 is 0 Å². The van der Waals surface area contributed by atoms with Crippen LogP contribution in [-0.2, 0) is 11.2 Å². The molecule has 138 valence electrons. The van der Waals surface area contributed by atoms with Crippen molar-refractivity contribution in [1.82, 2.24) is 5.43 Å². The number of halogens is 1. The minimum absolute atomic E-state index is 0.124. The minimum atomic E-state index is -0.354. The Hall–Kier alpha value is -2.54. The highest BCUT2D eigenvalue weighted by molar-refractivity contribution is 9.10. The fraction of sp³-hybridized carbons (Fsp3) is 0.263. The van der Waals surface area contributed by atoms with Crippen LogP contribution in [0, 0.1) is 0 Å². The molecule has 0 saturated heterocycles. The molecule has 0 aliphatic rings. The highest BCUT2D eigenvalue weighted by atomic mass is 79.9. The van der Waals surface area contributed by atoms with E-state index in [0.29, 0.717) is 22.8 Å². The van der Waals surface area contributed by atoms with E-state index in [1.165, 1.54) is 6.21 Å². The zero-order valence-electron chi connectivity index (χ0n) is 14.9. The summed E-state index contributed by atoms with van der Waals surface area (Å²) in [5.74, 6) is 1.63. The molecule has 0 bridgehead atoms. The summed E-state index contributed by atoms with van der Waals surface area (Å²) in [5.41, 5.74) is 4.15. The Morgan fingerprint density at radius 2 is 1.92 bits per heavy atom. The van der Waals surface area contributed by atoms with Crippen molar-refractivity contribution in [3.8, 4) is 17.2 Å². The first-order valence-corrected chi connectivity index (χ1v) is 8.81. The molecule has 0 atom stereocenters. The summed E-state index contributed by atoms with van der Waals surface area (Å²) in [6.07, 6.45) is 2.31. The maximum absolute atomic E-state index is 11.9. The van der Waals surface area contributed by atoms with Gasteiger partial charge in [0, 0.05) is 10.0 Å². The molecule has 0 spiro atoms. The lowest BCUT2D eigenvalue weighted by molar-refractivity contribution is -0.123. The Balaban J connectivity index is 1.94. The van der Waals surface area contributed by atoms with Gasteiger partial charge < -0.3 is 14.2 Å². The summed E-state index contributed by atoms with van der Waals surface area (Å²) >= 11 is 3.42. The number of methoxy groups -OCH3 is 2. The molecule has 0 fully saturated rings. The molecule has 1 N–H and O–H groups in total. The second kappa shape index (κ2) is 9.82. The summed E-state index contributed by atoms with van der Waals surface area (Å²) < 4.78 is 17.0. The third-order valence-corrected chi connectivity index (χ3v) is 4.09. The summed E-state index contributed by atoms with van der Waals surface area (Å²) in [6, 6.07) is 11.0. The van der Waals surface area contributed by atoms with Crippen molar-refractivity contribution in [3.63, 3.8) is 0 Å². The molecule has 0 aliphatic carbocycles. The Kier molecular flexibility index (Phi) is 7.47. The molecule has 0 aliphatic heterocycles. The summed E-state index contributed by atoms with van der Waals surface area (Å²) in [4.78, 5) is 11.9. The summed E-state index contributed by atoms with van der Waals surface area (Å²) in [6.45, 7) is 1.90. The van der Waals surface area contributed by atoms with Crippen molar-refractivity contribution in [2.75, 3.05) is 20.8 Å². The van der Waals surface area contributed by atoms with E-state index in [4.69, 9.17) is 14.2 Å². The molecule has 0 unspecified atom stereocenters. The molecular formula is C19H21BrN2O4. The van der Waals surface area contributed by atoms with Crippen molar-refractivity contribution < 1.29 is 19.0 Å². The maximum Gasteiger partial charge on any atom is 0.277 e. The zero-order valence-corrected chi connectivity index (χ0v) is 16.5. The van der Waals surface area contributed by atoms with Crippen LogP contribution in [0.5, 0.6) is 17.2 Å². The molecule has 7 heteroatoms. The van der Waals surface area contributed by atoms with Gasteiger partial charge in [0.05, 0.1) is 20.4 Å². The molecule has 0 radical (unpaired) electrons. The first-order chi connectivity index (χ1) is 12.6. The van der Waals surface area contributed by atoms with Gasteiger partial charge in [-0.2, -0.15) is 5.10 Å². The predicted molar refractivity (Wildman–Crippen MR) is 104 cm³/mol. The van der Waals surface area contributed by atoms with E-state index in [2.05, 4.69) is 26.5 Å². The van der Waals surface area contributed by atoms with Crippen LogP contribution in [0.25, 0.3) is 0 Å². The van der Waals surface area contributed by atoms with E-state index in [9.17, 15) is 4.79 Å². The lowest BCUT2D eigenvalue weighted by Gasteiger charge is -2.10. The Morgan fingerprint density at radius 1 is 1.15 bits per heavy atom. The fourth-order valence-electron chi connectivity index (χ4n) is 2.25. The number of benzene rings is 2. The Labute approximate surface area is 161 Å². The van der Waals surface area contributed by atoms with E-state index < -0.39 is 0 Å². The van der Waals surface area contributed by atoms with Gasteiger partial charge in [-0.15, -0.1) is 0 Å². The summed E-state index contributed by atoms with van der Waals surface area (Å²) in [5, 5.41) is 3.95. The Morgan fingerprint density at radius 3 is 2.62 bits per heavy atom. The Bertz CT molecular complexity index is 793. The van der Waals surface area contributed by atoms with Crippen LogP contribution >= 0.6 is 15.9 Å². The number of rotatable bonds is 8. The van der Waals surface area contributed by atoms with Crippen LogP contribution in [0.15, 0.2) is 46.0 Å². The van der Waals surface area contributed by atoms with Crippen LogP contribution in [-0.4, -0.2) is 32.9 Å². The monoisotopic (exact) mass is 420 g/mol. The normalized spacial score (nSPS) is 10.6. The van der Waals surface area contributed by atoms with Gasteiger partial charge in [0.25, 0.3) is 5.91 Å². The zero-order chi connectivity index (χ0) is 18.9. The number of ether oxygens (including phenoxy) is 3. The number of hydrogen-bond acceptors (Lipinski definition) is 5. The highest BCUT2D eigenvalue weighted by Crippen LogP contribution is 2.24. The third-order valence-electron chi connectivity index (χ3n) is 3.59. The van der Waals surface area contributed by atoms with Gasteiger partial charge in [0.15, 0.2) is 6.61 Å². The molecular weight excluding hydrogens is 400 g/mol. The number of aryl methyl sites for hydroxylation is 1. The van der Waals surface area contributed by atoms with Crippen LogP contribution in [0.2, 0.25) is 0 Å². The van der Waals surface area contributed by atoms with Crippen molar-refractivity contribution in [2.45, 2.75) is 13.3 Å². The standard InChI is InChI=1S/C19H21BrN2O4/c1-4-13-9-15(20)5-7-18(13)26-12-19(23)22-21-11-14-10-16(24-2)6-8-17(14)25-3/h5-11H,4,12H2,1-3H3,(H,22,23)/b21-11+. The molecule has 1 amide bonds. The lowest BCUT2D eigenvalue weighted by atomic mass is 10.1. The fourth-order valence-corrected chi connectivity index (χ4v) is 2.66. The molecule has 2 aromatic rings. The number of carbonyl (C=O) groups is 1. The largest absolute Gasteiger partial charge is 0.497 e.